The number of anilines is 2. The SMILES string of the molecule is CC1CN(C(=O)O)c2cc(Br)ccc2N1C(=O)O. The predicted molar refractivity (Wildman–Crippen MR) is 69.5 cm³/mol. The van der Waals surface area contributed by atoms with Crippen LogP contribution in [0, 0.1) is 0 Å². The third-order valence-electron chi connectivity index (χ3n) is 2.81. The first-order valence-electron chi connectivity index (χ1n) is 5.24. The molecule has 0 radical (unpaired) electrons. The van der Waals surface area contributed by atoms with Gasteiger partial charge in [0.2, 0.25) is 0 Å². The number of halogens is 1. The summed E-state index contributed by atoms with van der Waals surface area (Å²) in [5.41, 5.74) is 0.754. The van der Waals surface area contributed by atoms with E-state index in [9.17, 15) is 14.7 Å². The molecule has 2 rings (SSSR count). The van der Waals surface area contributed by atoms with Gasteiger partial charge in [0.05, 0.1) is 24.0 Å². The molecule has 1 aliphatic rings. The zero-order valence-electron chi connectivity index (χ0n) is 9.50. The number of amides is 2. The summed E-state index contributed by atoms with van der Waals surface area (Å²) in [6, 6.07) is 4.46. The molecule has 1 heterocycles. The average Bonchev–Trinajstić information content (AvgIpc) is 2.27. The van der Waals surface area contributed by atoms with Crippen LogP contribution >= 0.6 is 15.9 Å². The van der Waals surface area contributed by atoms with Crippen molar-refractivity contribution in [1.82, 2.24) is 0 Å². The van der Waals surface area contributed by atoms with Crippen LogP contribution < -0.4 is 9.80 Å². The largest absolute Gasteiger partial charge is 0.465 e. The van der Waals surface area contributed by atoms with Gasteiger partial charge in [0.25, 0.3) is 0 Å². The number of hydrogen-bond donors (Lipinski definition) is 2. The highest BCUT2D eigenvalue weighted by molar-refractivity contribution is 9.10. The van der Waals surface area contributed by atoms with Crippen LogP contribution in [0.4, 0.5) is 21.0 Å². The second-order valence-electron chi connectivity index (χ2n) is 4.03. The summed E-state index contributed by atoms with van der Waals surface area (Å²) in [6.45, 7) is 1.79. The van der Waals surface area contributed by atoms with E-state index < -0.39 is 18.2 Å². The summed E-state index contributed by atoms with van der Waals surface area (Å²) in [5, 5.41) is 18.4. The predicted octanol–water partition coefficient (Wildman–Crippen LogP) is 2.82. The third-order valence-corrected chi connectivity index (χ3v) is 3.31. The van der Waals surface area contributed by atoms with Crippen molar-refractivity contribution in [2.45, 2.75) is 13.0 Å². The maximum atomic E-state index is 11.2. The molecule has 0 saturated carbocycles. The molecule has 2 N–H and O–H groups in total. The molecule has 0 fully saturated rings. The highest BCUT2D eigenvalue weighted by atomic mass is 79.9. The van der Waals surface area contributed by atoms with E-state index in [2.05, 4.69) is 15.9 Å². The first-order chi connectivity index (χ1) is 8.41. The molecule has 2 amide bonds. The van der Waals surface area contributed by atoms with E-state index in [1.54, 1.807) is 25.1 Å². The van der Waals surface area contributed by atoms with Crippen LogP contribution in [0.3, 0.4) is 0 Å². The Hall–Kier alpha value is -1.76. The van der Waals surface area contributed by atoms with Crippen molar-refractivity contribution in [3.63, 3.8) is 0 Å². The van der Waals surface area contributed by atoms with E-state index in [0.29, 0.717) is 15.8 Å². The fourth-order valence-electron chi connectivity index (χ4n) is 2.07. The van der Waals surface area contributed by atoms with Crippen molar-refractivity contribution in [2.75, 3.05) is 16.3 Å². The van der Waals surface area contributed by atoms with Crippen molar-refractivity contribution >= 4 is 39.5 Å². The standard InChI is InChI=1S/C11H11BrN2O4/c1-6-5-13(10(15)16)9-4-7(12)2-3-8(9)14(6)11(17)18/h2-4,6H,5H2,1H3,(H,15,16)(H,17,18). The van der Waals surface area contributed by atoms with E-state index in [4.69, 9.17) is 5.11 Å². The maximum absolute atomic E-state index is 11.2. The number of fused-ring (bicyclic) bond motifs is 1. The number of carboxylic acid groups (broad SMARTS) is 2. The van der Waals surface area contributed by atoms with Crippen LogP contribution in [0.5, 0.6) is 0 Å². The lowest BCUT2D eigenvalue weighted by atomic mass is 10.1. The third kappa shape index (κ3) is 2.01. The van der Waals surface area contributed by atoms with Crippen molar-refractivity contribution in [3.8, 4) is 0 Å². The molecule has 18 heavy (non-hydrogen) atoms. The summed E-state index contributed by atoms with van der Waals surface area (Å²) in [4.78, 5) is 24.8. The highest BCUT2D eigenvalue weighted by Crippen LogP contribution is 2.37. The minimum atomic E-state index is -1.09. The Balaban J connectivity index is 2.59. The Morgan fingerprint density at radius 3 is 2.50 bits per heavy atom. The minimum absolute atomic E-state index is 0.116. The molecule has 0 bridgehead atoms. The fraction of sp³-hybridized carbons (Fsp3) is 0.273. The van der Waals surface area contributed by atoms with Crippen LogP contribution in [-0.2, 0) is 0 Å². The molecule has 1 atom stereocenters. The maximum Gasteiger partial charge on any atom is 0.412 e. The number of carbonyl (C=O) groups is 2. The molecule has 0 spiro atoms. The molecule has 7 heteroatoms. The van der Waals surface area contributed by atoms with Gasteiger partial charge in [-0.15, -0.1) is 0 Å². The van der Waals surface area contributed by atoms with Crippen LogP contribution in [0.25, 0.3) is 0 Å². The second-order valence-corrected chi connectivity index (χ2v) is 4.94. The number of nitrogens with zero attached hydrogens (tertiary/aromatic N) is 2. The molecule has 0 saturated heterocycles. The first-order valence-corrected chi connectivity index (χ1v) is 6.03. The van der Waals surface area contributed by atoms with Gasteiger partial charge in [0, 0.05) is 4.47 Å². The van der Waals surface area contributed by atoms with E-state index in [0.717, 1.165) is 4.90 Å². The Labute approximate surface area is 112 Å². The summed E-state index contributed by atoms with van der Waals surface area (Å²) in [6.07, 6.45) is -2.18. The first kappa shape index (κ1) is 12.7. The zero-order valence-corrected chi connectivity index (χ0v) is 11.1. The zero-order chi connectivity index (χ0) is 13.4. The van der Waals surface area contributed by atoms with Crippen LogP contribution in [0.15, 0.2) is 22.7 Å². The van der Waals surface area contributed by atoms with Gasteiger partial charge in [0.15, 0.2) is 0 Å². The van der Waals surface area contributed by atoms with Gasteiger partial charge < -0.3 is 10.2 Å². The number of rotatable bonds is 0. The summed E-state index contributed by atoms with van der Waals surface area (Å²) in [7, 11) is 0. The van der Waals surface area contributed by atoms with Crippen molar-refractivity contribution in [2.24, 2.45) is 0 Å². The Morgan fingerprint density at radius 2 is 1.94 bits per heavy atom. The van der Waals surface area contributed by atoms with Gasteiger partial charge in [-0.2, -0.15) is 0 Å². The fourth-order valence-corrected chi connectivity index (χ4v) is 2.42. The topological polar surface area (TPSA) is 81.1 Å². The molecular weight excluding hydrogens is 304 g/mol. The van der Waals surface area contributed by atoms with Crippen molar-refractivity contribution in [3.05, 3.63) is 22.7 Å². The second kappa shape index (κ2) is 4.49. The van der Waals surface area contributed by atoms with Gasteiger partial charge in [-0.25, -0.2) is 9.59 Å². The monoisotopic (exact) mass is 314 g/mol. The molecule has 6 nitrogen and oxygen atoms in total. The summed E-state index contributed by atoms with van der Waals surface area (Å²) in [5.74, 6) is 0. The van der Waals surface area contributed by atoms with E-state index in [-0.39, 0.29) is 6.54 Å². The summed E-state index contributed by atoms with van der Waals surface area (Å²) >= 11 is 3.25. The van der Waals surface area contributed by atoms with Gasteiger partial charge in [-0.3, -0.25) is 9.80 Å². The van der Waals surface area contributed by atoms with Gasteiger partial charge >= 0.3 is 12.2 Å². The molecule has 1 aromatic carbocycles. The molecule has 1 unspecified atom stereocenters. The molecule has 0 aliphatic carbocycles. The van der Waals surface area contributed by atoms with Crippen LogP contribution in [0.2, 0.25) is 0 Å². The highest BCUT2D eigenvalue weighted by Gasteiger charge is 2.34. The smallest absolute Gasteiger partial charge is 0.412 e. The van der Waals surface area contributed by atoms with Gasteiger partial charge in [-0.1, -0.05) is 15.9 Å². The molecule has 1 aromatic rings. The molecule has 0 aromatic heterocycles. The average molecular weight is 315 g/mol. The minimum Gasteiger partial charge on any atom is -0.465 e. The van der Waals surface area contributed by atoms with Crippen molar-refractivity contribution in [1.29, 1.82) is 0 Å². The van der Waals surface area contributed by atoms with Crippen molar-refractivity contribution < 1.29 is 19.8 Å². The quantitative estimate of drug-likeness (QED) is 0.771. The molecule has 1 aliphatic heterocycles. The van der Waals surface area contributed by atoms with E-state index in [1.165, 1.54) is 4.90 Å². The van der Waals surface area contributed by atoms with Crippen LogP contribution in [0.1, 0.15) is 6.92 Å². The summed E-state index contributed by atoms with van der Waals surface area (Å²) < 4.78 is 0.701. The number of benzene rings is 1. The van der Waals surface area contributed by atoms with Gasteiger partial charge in [0.1, 0.15) is 0 Å². The molecular formula is C11H11BrN2O4. The van der Waals surface area contributed by atoms with Crippen LogP contribution in [-0.4, -0.2) is 35.0 Å². The van der Waals surface area contributed by atoms with E-state index >= 15 is 0 Å². The Kier molecular flexibility index (Phi) is 3.16. The Morgan fingerprint density at radius 1 is 1.28 bits per heavy atom. The lowest BCUT2D eigenvalue weighted by molar-refractivity contribution is 0.194. The normalized spacial score (nSPS) is 18.4. The lowest BCUT2D eigenvalue weighted by Gasteiger charge is -2.38. The number of hydrogen-bond acceptors (Lipinski definition) is 2. The van der Waals surface area contributed by atoms with E-state index in [1.807, 2.05) is 0 Å². The van der Waals surface area contributed by atoms with Gasteiger partial charge in [-0.05, 0) is 25.1 Å². The lowest BCUT2D eigenvalue weighted by Crippen LogP contribution is -2.51. The molecule has 96 valence electrons. The Bertz CT molecular complexity index is 520.